The molecule has 0 spiro atoms. The van der Waals surface area contributed by atoms with E-state index in [1.54, 1.807) is 7.11 Å². The van der Waals surface area contributed by atoms with Gasteiger partial charge in [-0.2, -0.15) is 0 Å². The first-order chi connectivity index (χ1) is 15.5. The van der Waals surface area contributed by atoms with Crippen LogP contribution in [0.5, 0.6) is 5.75 Å². The molecule has 3 amide bonds. The van der Waals surface area contributed by atoms with Gasteiger partial charge in [0.15, 0.2) is 0 Å². The van der Waals surface area contributed by atoms with Crippen LogP contribution in [-0.4, -0.2) is 54.5 Å². The van der Waals surface area contributed by atoms with Crippen molar-refractivity contribution < 1.29 is 14.3 Å². The molecule has 2 fully saturated rings. The Balaban J connectivity index is 1.25. The molecule has 32 heavy (non-hydrogen) atoms. The summed E-state index contributed by atoms with van der Waals surface area (Å²) in [7, 11) is 1.67. The standard InChI is InChI=1S/C25H30ClN3O3/c1-32-22-7-8-23(26)20(14-22)13-18-9-11-28(12-10-18)17-21-15-24(30)29(25(31)27-21)16-19-5-3-2-4-6-19/h2-8,14,18,21H,9-13,15-17H2,1H3,(H,27,31). The van der Waals surface area contributed by atoms with E-state index in [0.29, 0.717) is 25.4 Å². The van der Waals surface area contributed by atoms with Gasteiger partial charge in [0, 0.05) is 18.0 Å². The monoisotopic (exact) mass is 455 g/mol. The molecule has 170 valence electrons. The molecule has 2 aliphatic rings. The number of ether oxygens (including phenoxy) is 1. The normalized spacial score (nSPS) is 20.3. The van der Waals surface area contributed by atoms with E-state index in [1.807, 2.05) is 48.5 Å². The predicted octanol–water partition coefficient (Wildman–Crippen LogP) is 4.11. The number of nitrogens with one attached hydrogen (secondary N) is 1. The van der Waals surface area contributed by atoms with E-state index in [9.17, 15) is 9.59 Å². The van der Waals surface area contributed by atoms with Crippen molar-refractivity contribution in [3.63, 3.8) is 0 Å². The van der Waals surface area contributed by atoms with E-state index in [-0.39, 0.29) is 18.0 Å². The Labute approximate surface area is 194 Å². The van der Waals surface area contributed by atoms with Crippen molar-refractivity contribution in [1.82, 2.24) is 15.1 Å². The number of nitrogens with zero attached hydrogens (tertiary/aromatic N) is 2. The lowest BCUT2D eigenvalue weighted by atomic mass is 9.89. The lowest BCUT2D eigenvalue weighted by Gasteiger charge is -2.37. The lowest BCUT2D eigenvalue weighted by Crippen LogP contribution is -2.57. The van der Waals surface area contributed by atoms with Crippen LogP contribution in [0.15, 0.2) is 48.5 Å². The van der Waals surface area contributed by atoms with Crippen LogP contribution >= 0.6 is 11.6 Å². The molecule has 0 saturated carbocycles. The molecular formula is C25H30ClN3O3. The van der Waals surface area contributed by atoms with Gasteiger partial charge in [0.1, 0.15) is 5.75 Å². The van der Waals surface area contributed by atoms with Crippen LogP contribution in [-0.2, 0) is 17.8 Å². The van der Waals surface area contributed by atoms with Crippen LogP contribution in [0.25, 0.3) is 0 Å². The largest absolute Gasteiger partial charge is 0.497 e. The zero-order valence-corrected chi connectivity index (χ0v) is 19.2. The minimum atomic E-state index is -0.294. The minimum Gasteiger partial charge on any atom is -0.497 e. The molecule has 1 atom stereocenters. The zero-order chi connectivity index (χ0) is 22.5. The minimum absolute atomic E-state index is 0.106. The molecule has 4 rings (SSSR count). The molecule has 2 saturated heterocycles. The summed E-state index contributed by atoms with van der Waals surface area (Å²) in [5.74, 6) is 1.30. The highest BCUT2D eigenvalue weighted by Gasteiger charge is 2.33. The number of likely N-dealkylation sites (tertiary alicyclic amines) is 1. The summed E-state index contributed by atoms with van der Waals surface area (Å²) in [4.78, 5) is 28.8. The summed E-state index contributed by atoms with van der Waals surface area (Å²) >= 11 is 6.38. The van der Waals surface area contributed by atoms with Crippen LogP contribution < -0.4 is 10.1 Å². The molecule has 1 N–H and O–H groups in total. The second kappa shape index (κ2) is 10.4. The Kier molecular flexibility index (Phi) is 7.33. The number of benzene rings is 2. The Bertz CT molecular complexity index is 927. The number of carbonyl (C=O) groups excluding carboxylic acids is 2. The quantitative estimate of drug-likeness (QED) is 0.682. The third-order valence-corrected chi connectivity index (χ3v) is 6.79. The molecule has 6 nitrogen and oxygen atoms in total. The number of hydrogen-bond donors (Lipinski definition) is 1. The molecule has 0 aliphatic carbocycles. The van der Waals surface area contributed by atoms with Gasteiger partial charge in [0.05, 0.1) is 19.7 Å². The second-order valence-electron chi connectivity index (χ2n) is 8.72. The molecule has 0 radical (unpaired) electrons. The highest BCUT2D eigenvalue weighted by molar-refractivity contribution is 6.31. The summed E-state index contributed by atoms with van der Waals surface area (Å²) < 4.78 is 5.33. The van der Waals surface area contributed by atoms with Crippen molar-refractivity contribution in [2.24, 2.45) is 5.92 Å². The van der Waals surface area contributed by atoms with Crippen molar-refractivity contribution in [3.05, 3.63) is 64.7 Å². The maximum atomic E-state index is 12.6. The summed E-state index contributed by atoms with van der Waals surface area (Å²) in [5.41, 5.74) is 2.08. The van der Waals surface area contributed by atoms with Gasteiger partial charge in [0.2, 0.25) is 5.91 Å². The first-order valence-electron chi connectivity index (χ1n) is 11.2. The number of carbonyl (C=O) groups is 2. The molecule has 2 aromatic carbocycles. The van der Waals surface area contributed by atoms with E-state index in [0.717, 1.165) is 54.3 Å². The van der Waals surface area contributed by atoms with E-state index in [1.165, 1.54) is 4.90 Å². The average molecular weight is 456 g/mol. The Morgan fingerprint density at radius 3 is 2.53 bits per heavy atom. The van der Waals surface area contributed by atoms with Crippen molar-refractivity contribution in [1.29, 1.82) is 0 Å². The van der Waals surface area contributed by atoms with Crippen molar-refractivity contribution in [3.8, 4) is 5.75 Å². The van der Waals surface area contributed by atoms with Gasteiger partial charge in [-0.3, -0.25) is 9.69 Å². The van der Waals surface area contributed by atoms with Crippen molar-refractivity contribution >= 4 is 23.5 Å². The van der Waals surface area contributed by atoms with Gasteiger partial charge in [-0.15, -0.1) is 0 Å². The Hall–Kier alpha value is -2.57. The van der Waals surface area contributed by atoms with Crippen LogP contribution in [0.1, 0.15) is 30.4 Å². The highest BCUT2D eigenvalue weighted by Crippen LogP contribution is 2.28. The summed E-state index contributed by atoms with van der Waals surface area (Å²) in [6.45, 7) is 2.95. The molecular weight excluding hydrogens is 426 g/mol. The van der Waals surface area contributed by atoms with Crippen LogP contribution in [0, 0.1) is 5.92 Å². The van der Waals surface area contributed by atoms with Gasteiger partial charge in [-0.25, -0.2) is 4.79 Å². The second-order valence-corrected chi connectivity index (χ2v) is 9.13. The lowest BCUT2D eigenvalue weighted by molar-refractivity contribution is -0.130. The van der Waals surface area contributed by atoms with Crippen LogP contribution in [0.3, 0.4) is 0 Å². The van der Waals surface area contributed by atoms with Gasteiger partial charge < -0.3 is 15.0 Å². The molecule has 2 aliphatic heterocycles. The molecule has 0 aromatic heterocycles. The third-order valence-electron chi connectivity index (χ3n) is 6.43. The van der Waals surface area contributed by atoms with Gasteiger partial charge >= 0.3 is 6.03 Å². The SMILES string of the molecule is COc1ccc(Cl)c(CC2CCN(CC3CC(=O)N(Cc4ccccc4)C(=O)N3)CC2)c1. The van der Waals surface area contributed by atoms with E-state index >= 15 is 0 Å². The molecule has 2 heterocycles. The number of methoxy groups -OCH3 is 1. The fourth-order valence-electron chi connectivity index (χ4n) is 4.60. The highest BCUT2D eigenvalue weighted by atomic mass is 35.5. The van der Waals surface area contributed by atoms with E-state index < -0.39 is 0 Å². The van der Waals surface area contributed by atoms with Crippen molar-refractivity contribution in [2.75, 3.05) is 26.7 Å². The number of urea groups is 1. The maximum absolute atomic E-state index is 12.6. The molecule has 1 unspecified atom stereocenters. The number of hydrogen-bond acceptors (Lipinski definition) is 4. The average Bonchev–Trinajstić information content (AvgIpc) is 2.80. The first kappa shape index (κ1) is 22.6. The summed E-state index contributed by atoms with van der Waals surface area (Å²) in [5, 5.41) is 3.82. The first-order valence-corrected chi connectivity index (χ1v) is 11.6. The fourth-order valence-corrected chi connectivity index (χ4v) is 4.80. The van der Waals surface area contributed by atoms with E-state index in [2.05, 4.69) is 10.2 Å². The topological polar surface area (TPSA) is 61.9 Å². The van der Waals surface area contributed by atoms with Crippen molar-refractivity contribution in [2.45, 2.75) is 38.3 Å². The van der Waals surface area contributed by atoms with E-state index in [4.69, 9.17) is 16.3 Å². The fraction of sp³-hybridized carbons (Fsp3) is 0.440. The zero-order valence-electron chi connectivity index (χ0n) is 18.4. The predicted molar refractivity (Wildman–Crippen MR) is 125 cm³/mol. The summed E-state index contributed by atoms with van der Waals surface area (Å²) in [6.07, 6.45) is 3.43. The van der Waals surface area contributed by atoms with Gasteiger partial charge in [0.25, 0.3) is 0 Å². The Morgan fingerprint density at radius 2 is 1.84 bits per heavy atom. The van der Waals surface area contributed by atoms with Gasteiger partial charge in [-0.05, 0) is 67.6 Å². The summed E-state index contributed by atoms with van der Waals surface area (Å²) in [6, 6.07) is 15.0. The Morgan fingerprint density at radius 1 is 1.09 bits per heavy atom. The van der Waals surface area contributed by atoms with Crippen LogP contribution in [0.4, 0.5) is 4.79 Å². The smallest absolute Gasteiger partial charge is 0.324 e. The number of amides is 3. The third kappa shape index (κ3) is 5.61. The molecule has 0 bridgehead atoms. The van der Waals surface area contributed by atoms with Crippen LogP contribution in [0.2, 0.25) is 5.02 Å². The maximum Gasteiger partial charge on any atom is 0.324 e. The number of imide groups is 1. The number of piperidine rings is 1. The number of rotatable bonds is 7. The van der Waals surface area contributed by atoms with Gasteiger partial charge in [-0.1, -0.05) is 41.9 Å². The molecule has 2 aromatic rings. The number of halogens is 1. The molecule has 7 heteroatoms.